The fourth-order valence-corrected chi connectivity index (χ4v) is 1.85. The van der Waals surface area contributed by atoms with Crippen LogP contribution in [0, 0.1) is 5.92 Å². The van der Waals surface area contributed by atoms with Crippen molar-refractivity contribution in [1.29, 1.82) is 0 Å². The molecule has 1 saturated heterocycles. The zero-order valence-electron chi connectivity index (χ0n) is 8.87. The minimum absolute atomic E-state index is 0.188. The van der Waals surface area contributed by atoms with Gasteiger partial charge in [0.1, 0.15) is 6.29 Å². The van der Waals surface area contributed by atoms with E-state index in [9.17, 15) is 9.59 Å². The van der Waals surface area contributed by atoms with Crippen molar-refractivity contribution in [2.24, 2.45) is 5.92 Å². The second-order valence-corrected chi connectivity index (χ2v) is 3.93. The lowest BCUT2D eigenvalue weighted by Gasteiger charge is -2.16. The summed E-state index contributed by atoms with van der Waals surface area (Å²) in [7, 11) is 0. The van der Waals surface area contributed by atoms with E-state index < -0.39 is 0 Å². The molecule has 1 rings (SSSR count). The molecule has 0 aliphatic carbocycles. The molecule has 1 aliphatic rings. The number of hydrogen-bond acceptors (Lipinski definition) is 2. The van der Waals surface area contributed by atoms with Gasteiger partial charge in [0.25, 0.3) is 0 Å². The zero-order chi connectivity index (χ0) is 10.4. The molecule has 0 saturated carbocycles. The van der Waals surface area contributed by atoms with Crippen molar-refractivity contribution in [3.63, 3.8) is 0 Å². The molecular formula is C11H19NO2. The summed E-state index contributed by atoms with van der Waals surface area (Å²) in [5.41, 5.74) is 0. The molecule has 1 heterocycles. The van der Waals surface area contributed by atoms with Gasteiger partial charge in [0.2, 0.25) is 5.91 Å². The van der Waals surface area contributed by atoms with Gasteiger partial charge in [-0.15, -0.1) is 0 Å². The predicted octanol–water partition coefficient (Wildman–Crippen LogP) is 1.61. The molecule has 0 aromatic heterocycles. The smallest absolute Gasteiger partial charge is 0.222 e. The molecule has 80 valence electrons. The van der Waals surface area contributed by atoms with E-state index in [1.54, 1.807) is 0 Å². The van der Waals surface area contributed by atoms with Gasteiger partial charge in [0.05, 0.1) is 0 Å². The van der Waals surface area contributed by atoms with Gasteiger partial charge in [-0.25, -0.2) is 0 Å². The highest BCUT2D eigenvalue weighted by atomic mass is 16.2. The molecule has 1 unspecified atom stereocenters. The SMILES string of the molecule is CCC(C=O)CCCN1CCCC1=O. The van der Waals surface area contributed by atoms with Crippen molar-refractivity contribution in [3.05, 3.63) is 0 Å². The lowest BCUT2D eigenvalue weighted by molar-refractivity contribution is -0.127. The molecule has 3 nitrogen and oxygen atoms in total. The Morgan fingerprint density at radius 1 is 1.57 bits per heavy atom. The van der Waals surface area contributed by atoms with Crippen molar-refractivity contribution in [2.75, 3.05) is 13.1 Å². The van der Waals surface area contributed by atoms with E-state index in [0.717, 1.165) is 45.1 Å². The van der Waals surface area contributed by atoms with Crippen LogP contribution < -0.4 is 0 Å². The van der Waals surface area contributed by atoms with Crippen LogP contribution in [0.15, 0.2) is 0 Å². The van der Waals surface area contributed by atoms with Gasteiger partial charge in [-0.05, 0) is 25.7 Å². The molecule has 0 radical (unpaired) electrons. The number of amides is 1. The maximum atomic E-state index is 11.2. The summed E-state index contributed by atoms with van der Waals surface area (Å²) in [5, 5.41) is 0. The Morgan fingerprint density at radius 3 is 2.86 bits per heavy atom. The van der Waals surface area contributed by atoms with E-state index in [1.165, 1.54) is 0 Å². The third kappa shape index (κ3) is 3.13. The minimum atomic E-state index is 0.188. The first-order valence-electron chi connectivity index (χ1n) is 5.51. The van der Waals surface area contributed by atoms with E-state index in [2.05, 4.69) is 0 Å². The number of carbonyl (C=O) groups excluding carboxylic acids is 2. The van der Waals surface area contributed by atoms with Gasteiger partial charge in [0.15, 0.2) is 0 Å². The zero-order valence-corrected chi connectivity index (χ0v) is 8.87. The summed E-state index contributed by atoms with van der Waals surface area (Å²) in [6, 6.07) is 0. The van der Waals surface area contributed by atoms with E-state index >= 15 is 0 Å². The Morgan fingerprint density at radius 2 is 2.36 bits per heavy atom. The fraction of sp³-hybridized carbons (Fsp3) is 0.818. The van der Waals surface area contributed by atoms with Crippen LogP contribution in [-0.4, -0.2) is 30.2 Å². The Hall–Kier alpha value is -0.860. The summed E-state index contributed by atoms with van der Waals surface area (Å²) in [6.45, 7) is 3.78. The maximum Gasteiger partial charge on any atom is 0.222 e. The quantitative estimate of drug-likeness (QED) is 0.607. The summed E-state index contributed by atoms with van der Waals surface area (Å²) in [5.74, 6) is 0.469. The molecule has 0 N–H and O–H groups in total. The Bertz CT molecular complexity index is 203. The maximum absolute atomic E-state index is 11.2. The molecule has 1 atom stereocenters. The van der Waals surface area contributed by atoms with Gasteiger partial charge >= 0.3 is 0 Å². The molecule has 14 heavy (non-hydrogen) atoms. The van der Waals surface area contributed by atoms with E-state index in [-0.39, 0.29) is 11.8 Å². The third-order valence-corrected chi connectivity index (χ3v) is 2.89. The Labute approximate surface area is 85.5 Å². The van der Waals surface area contributed by atoms with Crippen molar-refractivity contribution in [2.45, 2.75) is 39.0 Å². The summed E-state index contributed by atoms with van der Waals surface area (Å²) in [6.07, 6.45) is 5.55. The summed E-state index contributed by atoms with van der Waals surface area (Å²) < 4.78 is 0. The van der Waals surface area contributed by atoms with Gasteiger partial charge in [-0.3, -0.25) is 4.79 Å². The highest BCUT2D eigenvalue weighted by Crippen LogP contribution is 2.13. The minimum Gasteiger partial charge on any atom is -0.343 e. The molecule has 0 aromatic carbocycles. The van der Waals surface area contributed by atoms with E-state index in [1.807, 2.05) is 11.8 Å². The molecule has 1 aliphatic heterocycles. The van der Waals surface area contributed by atoms with Gasteiger partial charge in [-0.1, -0.05) is 6.92 Å². The van der Waals surface area contributed by atoms with Crippen LogP contribution >= 0.6 is 0 Å². The molecule has 1 fully saturated rings. The fourth-order valence-electron chi connectivity index (χ4n) is 1.85. The number of carbonyl (C=O) groups is 2. The Balaban J connectivity index is 2.14. The largest absolute Gasteiger partial charge is 0.343 e. The van der Waals surface area contributed by atoms with Crippen molar-refractivity contribution in [3.8, 4) is 0 Å². The molecule has 1 amide bonds. The number of aldehydes is 1. The van der Waals surface area contributed by atoms with E-state index in [0.29, 0.717) is 6.42 Å². The molecule has 0 spiro atoms. The first kappa shape index (κ1) is 11.2. The topological polar surface area (TPSA) is 37.4 Å². The standard InChI is InChI=1S/C11H19NO2/c1-2-10(9-13)5-3-7-12-8-4-6-11(12)14/h9-10H,2-8H2,1H3. The number of rotatable bonds is 6. The number of hydrogen-bond donors (Lipinski definition) is 0. The number of likely N-dealkylation sites (tertiary alicyclic amines) is 1. The second-order valence-electron chi connectivity index (χ2n) is 3.93. The normalized spacial score (nSPS) is 18.6. The van der Waals surface area contributed by atoms with Crippen LogP contribution in [0.4, 0.5) is 0 Å². The second kappa shape index (κ2) is 5.78. The van der Waals surface area contributed by atoms with Crippen molar-refractivity contribution < 1.29 is 9.59 Å². The van der Waals surface area contributed by atoms with Crippen LogP contribution in [-0.2, 0) is 9.59 Å². The van der Waals surface area contributed by atoms with Gasteiger partial charge < -0.3 is 9.69 Å². The monoisotopic (exact) mass is 197 g/mol. The molecular weight excluding hydrogens is 178 g/mol. The molecule has 3 heteroatoms. The van der Waals surface area contributed by atoms with Crippen molar-refractivity contribution >= 4 is 12.2 Å². The van der Waals surface area contributed by atoms with Crippen LogP contribution in [0.5, 0.6) is 0 Å². The molecule has 0 bridgehead atoms. The van der Waals surface area contributed by atoms with E-state index in [4.69, 9.17) is 0 Å². The van der Waals surface area contributed by atoms with Crippen LogP contribution in [0.2, 0.25) is 0 Å². The highest BCUT2D eigenvalue weighted by Gasteiger charge is 2.19. The van der Waals surface area contributed by atoms with Crippen LogP contribution in [0.25, 0.3) is 0 Å². The summed E-state index contributed by atoms with van der Waals surface area (Å²) in [4.78, 5) is 23.7. The van der Waals surface area contributed by atoms with Crippen molar-refractivity contribution in [1.82, 2.24) is 4.90 Å². The van der Waals surface area contributed by atoms with Crippen LogP contribution in [0.1, 0.15) is 39.0 Å². The highest BCUT2D eigenvalue weighted by molar-refractivity contribution is 5.77. The third-order valence-electron chi connectivity index (χ3n) is 2.89. The molecule has 0 aromatic rings. The summed E-state index contributed by atoms with van der Waals surface area (Å²) >= 11 is 0. The van der Waals surface area contributed by atoms with Crippen LogP contribution in [0.3, 0.4) is 0 Å². The lowest BCUT2D eigenvalue weighted by atomic mass is 10.0. The Kier molecular flexibility index (Phi) is 4.63. The van der Waals surface area contributed by atoms with Gasteiger partial charge in [0, 0.05) is 25.4 Å². The first-order chi connectivity index (χ1) is 6.77. The lowest BCUT2D eigenvalue weighted by Crippen LogP contribution is -2.26. The van der Waals surface area contributed by atoms with Gasteiger partial charge in [-0.2, -0.15) is 0 Å². The number of nitrogens with zero attached hydrogens (tertiary/aromatic N) is 1. The average molecular weight is 197 g/mol. The predicted molar refractivity (Wildman–Crippen MR) is 54.9 cm³/mol. The average Bonchev–Trinajstić information content (AvgIpc) is 2.59. The first-order valence-corrected chi connectivity index (χ1v) is 5.51.